The summed E-state index contributed by atoms with van der Waals surface area (Å²) in [5, 5.41) is 9.31. The number of carboxylic acid groups (broad SMARTS) is 1. The Morgan fingerprint density at radius 2 is 1.94 bits per heavy atom. The lowest BCUT2D eigenvalue weighted by Gasteiger charge is -2.01. The van der Waals surface area contributed by atoms with Crippen LogP contribution in [0.25, 0.3) is 10.4 Å². The molecule has 0 saturated carbocycles. The van der Waals surface area contributed by atoms with E-state index in [-0.39, 0.29) is 5.56 Å². The highest BCUT2D eigenvalue weighted by molar-refractivity contribution is 7.19. The molecule has 0 amide bonds. The SMILES string of the molecule is O=C(O)c1cc(Cl)cc(-c2ccc(Cl)s2)c1. The van der Waals surface area contributed by atoms with Gasteiger partial charge in [-0.2, -0.15) is 0 Å². The summed E-state index contributed by atoms with van der Waals surface area (Å²) in [7, 11) is 0. The average molecular weight is 273 g/mol. The van der Waals surface area contributed by atoms with Crippen LogP contribution in [0.4, 0.5) is 0 Å². The van der Waals surface area contributed by atoms with Crippen molar-refractivity contribution in [1.82, 2.24) is 0 Å². The lowest BCUT2D eigenvalue weighted by atomic mass is 10.1. The molecule has 5 heteroatoms. The molecule has 0 aliphatic heterocycles. The molecule has 0 spiro atoms. The van der Waals surface area contributed by atoms with Gasteiger partial charge in [0.25, 0.3) is 0 Å². The van der Waals surface area contributed by atoms with Gasteiger partial charge in [0.15, 0.2) is 0 Å². The number of aromatic carboxylic acids is 1. The molecule has 0 fully saturated rings. The number of hydrogen-bond acceptors (Lipinski definition) is 2. The number of hydrogen-bond donors (Lipinski definition) is 1. The second kappa shape index (κ2) is 4.45. The summed E-state index contributed by atoms with van der Waals surface area (Å²) in [5.41, 5.74) is 0.939. The van der Waals surface area contributed by atoms with E-state index in [2.05, 4.69) is 0 Å². The summed E-state index contributed by atoms with van der Waals surface area (Å²) < 4.78 is 0.659. The second-order valence-corrected chi connectivity index (χ2v) is 5.29. The third-order valence-electron chi connectivity index (χ3n) is 2.00. The molecule has 1 aromatic heterocycles. The van der Waals surface area contributed by atoms with Gasteiger partial charge in [0.1, 0.15) is 0 Å². The highest BCUT2D eigenvalue weighted by Crippen LogP contribution is 2.33. The number of benzene rings is 1. The van der Waals surface area contributed by atoms with Gasteiger partial charge in [0, 0.05) is 9.90 Å². The first-order valence-corrected chi connectivity index (χ1v) is 5.93. The zero-order valence-electron chi connectivity index (χ0n) is 7.91. The van der Waals surface area contributed by atoms with Gasteiger partial charge in [-0.25, -0.2) is 4.79 Å². The Bertz CT molecular complexity index is 549. The molecular formula is C11H6Cl2O2S. The Morgan fingerprint density at radius 3 is 2.50 bits per heavy atom. The van der Waals surface area contributed by atoms with Gasteiger partial charge in [-0.1, -0.05) is 23.2 Å². The highest BCUT2D eigenvalue weighted by Gasteiger charge is 2.09. The Balaban J connectivity index is 2.53. The van der Waals surface area contributed by atoms with E-state index < -0.39 is 5.97 Å². The molecule has 0 radical (unpaired) electrons. The summed E-state index contributed by atoms with van der Waals surface area (Å²) in [6.07, 6.45) is 0. The minimum Gasteiger partial charge on any atom is -0.478 e. The van der Waals surface area contributed by atoms with Crippen molar-refractivity contribution < 1.29 is 9.90 Å². The molecule has 0 aliphatic carbocycles. The molecule has 2 rings (SSSR count). The molecule has 0 aliphatic rings. The van der Waals surface area contributed by atoms with Gasteiger partial charge in [-0.15, -0.1) is 11.3 Å². The molecule has 1 aromatic carbocycles. The molecule has 1 heterocycles. The molecule has 0 saturated heterocycles. The normalized spacial score (nSPS) is 10.4. The van der Waals surface area contributed by atoms with Crippen LogP contribution in [0, 0.1) is 0 Å². The van der Waals surface area contributed by atoms with Crippen molar-refractivity contribution in [3.8, 4) is 10.4 Å². The van der Waals surface area contributed by atoms with Crippen molar-refractivity contribution >= 4 is 40.5 Å². The van der Waals surface area contributed by atoms with Crippen LogP contribution in [0.15, 0.2) is 30.3 Å². The van der Waals surface area contributed by atoms with Gasteiger partial charge < -0.3 is 5.11 Å². The molecule has 2 aromatic rings. The Hall–Kier alpha value is -1.03. The molecule has 82 valence electrons. The molecule has 1 N–H and O–H groups in total. The maximum absolute atomic E-state index is 10.9. The summed E-state index contributed by atoms with van der Waals surface area (Å²) >= 11 is 13.1. The van der Waals surface area contributed by atoms with Crippen molar-refractivity contribution in [2.45, 2.75) is 0 Å². The Labute approximate surface area is 106 Å². The van der Waals surface area contributed by atoms with Crippen molar-refractivity contribution in [3.05, 3.63) is 45.3 Å². The van der Waals surface area contributed by atoms with E-state index in [1.165, 1.54) is 17.4 Å². The fourth-order valence-corrected chi connectivity index (χ4v) is 2.59. The Kier molecular flexibility index (Phi) is 3.19. The van der Waals surface area contributed by atoms with E-state index in [1.807, 2.05) is 6.07 Å². The van der Waals surface area contributed by atoms with Gasteiger partial charge >= 0.3 is 5.97 Å². The van der Waals surface area contributed by atoms with E-state index in [9.17, 15) is 4.79 Å². The van der Waals surface area contributed by atoms with E-state index >= 15 is 0 Å². The molecular weight excluding hydrogens is 267 g/mol. The maximum atomic E-state index is 10.9. The smallest absolute Gasteiger partial charge is 0.335 e. The third kappa shape index (κ3) is 2.38. The van der Waals surface area contributed by atoms with Gasteiger partial charge in [-0.3, -0.25) is 0 Å². The largest absolute Gasteiger partial charge is 0.478 e. The third-order valence-corrected chi connectivity index (χ3v) is 3.50. The van der Waals surface area contributed by atoms with E-state index in [1.54, 1.807) is 18.2 Å². The number of thiophene rings is 1. The summed E-state index contributed by atoms with van der Waals surface area (Å²) in [5.74, 6) is -0.994. The van der Waals surface area contributed by atoms with Crippen LogP contribution in [0.2, 0.25) is 9.36 Å². The van der Waals surface area contributed by atoms with Crippen LogP contribution in [-0.2, 0) is 0 Å². The predicted octanol–water partition coefficient (Wildman–Crippen LogP) is 4.42. The first-order valence-electron chi connectivity index (χ1n) is 4.36. The fraction of sp³-hybridized carbons (Fsp3) is 0. The number of halogens is 2. The van der Waals surface area contributed by atoms with Crippen molar-refractivity contribution in [2.75, 3.05) is 0 Å². The quantitative estimate of drug-likeness (QED) is 0.879. The first-order chi connectivity index (χ1) is 7.56. The molecule has 0 unspecified atom stereocenters. The van der Waals surface area contributed by atoms with Crippen LogP contribution in [0.1, 0.15) is 10.4 Å². The number of rotatable bonds is 2. The van der Waals surface area contributed by atoms with E-state index in [4.69, 9.17) is 28.3 Å². The van der Waals surface area contributed by atoms with Crippen molar-refractivity contribution in [3.63, 3.8) is 0 Å². The van der Waals surface area contributed by atoms with Crippen molar-refractivity contribution in [2.24, 2.45) is 0 Å². The van der Waals surface area contributed by atoms with E-state index in [0.717, 1.165) is 10.4 Å². The zero-order valence-corrected chi connectivity index (χ0v) is 10.2. The summed E-state index contributed by atoms with van der Waals surface area (Å²) in [4.78, 5) is 11.8. The Morgan fingerprint density at radius 1 is 1.19 bits per heavy atom. The van der Waals surface area contributed by atoms with Gasteiger partial charge in [-0.05, 0) is 35.9 Å². The van der Waals surface area contributed by atoms with Crippen LogP contribution >= 0.6 is 34.5 Å². The zero-order chi connectivity index (χ0) is 11.7. The number of carboxylic acids is 1. The molecule has 16 heavy (non-hydrogen) atoms. The first kappa shape index (κ1) is 11.5. The average Bonchev–Trinajstić information content (AvgIpc) is 2.64. The number of carbonyl (C=O) groups is 1. The van der Waals surface area contributed by atoms with E-state index in [0.29, 0.717) is 9.36 Å². The summed E-state index contributed by atoms with van der Waals surface area (Å²) in [6, 6.07) is 8.32. The molecule has 2 nitrogen and oxygen atoms in total. The minimum atomic E-state index is -0.994. The van der Waals surface area contributed by atoms with Crippen LogP contribution in [0.5, 0.6) is 0 Å². The molecule has 0 atom stereocenters. The predicted molar refractivity (Wildman–Crippen MR) is 66.7 cm³/mol. The van der Waals surface area contributed by atoms with Crippen molar-refractivity contribution in [1.29, 1.82) is 0 Å². The highest BCUT2D eigenvalue weighted by atomic mass is 35.5. The van der Waals surface area contributed by atoms with Crippen LogP contribution in [0.3, 0.4) is 0 Å². The lowest BCUT2D eigenvalue weighted by Crippen LogP contribution is -1.95. The molecule has 0 bridgehead atoms. The second-order valence-electron chi connectivity index (χ2n) is 3.14. The van der Waals surface area contributed by atoms with Crippen LogP contribution in [-0.4, -0.2) is 11.1 Å². The van der Waals surface area contributed by atoms with Crippen LogP contribution < -0.4 is 0 Å². The fourth-order valence-electron chi connectivity index (χ4n) is 1.32. The standard InChI is InChI=1S/C11H6Cl2O2S/c12-8-4-6(3-7(5-8)11(14)15)9-1-2-10(13)16-9/h1-5H,(H,14,15). The minimum absolute atomic E-state index is 0.173. The van der Waals surface area contributed by atoms with Gasteiger partial charge in [0.05, 0.1) is 9.90 Å². The van der Waals surface area contributed by atoms with Gasteiger partial charge in [0.2, 0.25) is 0 Å². The maximum Gasteiger partial charge on any atom is 0.335 e. The summed E-state index contributed by atoms with van der Waals surface area (Å²) in [6.45, 7) is 0. The lowest BCUT2D eigenvalue weighted by molar-refractivity contribution is 0.0697. The monoisotopic (exact) mass is 272 g/mol. The topological polar surface area (TPSA) is 37.3 Å².